The molecule has 132 valence electrons. The van der Waals surface area contributed by atoms with Gasteiger partial charge in [-0.05, 0) is 37.4 Å². The second-order valence-corrected chi connectivity index (χ2v) is 7.16. The first-order valence-corrected chi connectivity index (χ1v) is 9.19. The molecule has 3 rings (SSSR count). The Labute approximate surface area is 150 Å². The van der Waals surface area contributed by atoms with E-state index in [0.29, 0.717) is 6.61 Å². The van der Waals surface area contributed by atoms with Crippen LogP contribution in [0.3, 0.4) is 0 Å². The van der Waals surface area contributed by atoms with Crippen molar-refractivity contribution in [3.8, 4) is 0 Å². The van der Waals surface area contributed by atoms with Gasteiger partial charge in [0.25, 0.3) is 0 Å². The van der Waals surface area contributed by atoms with Gasteiger partial charge in [0.05, 0.1) is 0 Å². The Bertz CT molecular complexity index is 621. The van der Waals surface area contributed by atoms with E-state index in [1.165, 1.54) is 19.3 Å². The molecular formula is C22H27NO2. The maximum Gasteiger partial charge on any atom is 0.317 e. The fourth-order valence-electron chi connectivity index (χ4n) is 3.49. The van der Waals surface area contributed by atoms with Crippen molar-refractivity contribution in [1.82, 2.24) is 5.32 Å². The Morgan fingerprint density at radius 1 is 1.00 bits per heavy atom. The number of esters is 1. The van der Waals surface area contributed by atoms with Crippen LogP contribution in [0.5, 0.6) is 0 Å². The van der Waals surface area contributed by atoms with Crippen molar-refractivity contribution in [2.45, 2.75) is 44.1 Å². The Kier molecular flexibility index (Phi) is 5.87. The standard InChI is InChI=1S/C22H27NO2/c1-22(15-9-4-10-16-23-22)17-25-21(24)20(18-11-5-2-6-12-18)19-13-7-3-8-14-19/h2-3,5-8,11-14,20,23H,4,9-10,15-17H2,1H3. The maximum atomic E-state index is 13.0. The lowest BCUT2D eigenvalue weighted by atomic mass is 9.91. The van der Waals surface area contributed by atoms with Crippen molar-refractivity contribution in [2.75, 3.05) is 13.2 Å². The molecule has 0 aliphatic carbocycles. The first-order chi connectivity index (χ1) is 12.2. The largest absolute Gasteiger partial charge is 0.463 e. The van der Waals surface area contributed by atoms with Crippen LogP contribution in [0.25, 0.3) is 0 Å². The van der Waals surface area contributed by atoms with Crippen molar-refractivity contribution in [1.29, 1.82) is 0 Å². The molecule has 1 N–H and O–H groups in total. The van der Waals surface area contributed by atoms with E-state index in [4.69, 9.17) is 4.74 Å². The molecule has 1 atom stereocenters. The fraction of sp³-hybridized carbons (Fsp3) is 0.409. The minimum Gasteiger partial charge on any atom is -0.463 e. The molecule has 0 amide bonds. The van der Waals surface area contributed by atoms with E-state index in [9.17, 15) is 4.79 Å². The van der Waals surface area contributed by atoms with Crippen LogP contribution >= 0.6 is 0 Å². The van der Waals surface area contributed by atoms with Crippen molar-refractivity contribution >= 4 is 5.97 Å². The van der Waals surface area contributed by atoms with Gasteiger partial charge in [-0.25, -0.2) is 0 Å². The zero-order valence-corrected chi connectivity index (χ0v) is 14.9. The van der Waals surface area contributed by atoms with E-state index in [0.717, 1.165) is 24.1 Å². The Balaban J connectivity index is 1.76. The van der Waals surface area contributed by atoms with Gasteiger partial charge in [0, 0.05) is 5.54 Å². The second-order valence-electron chi connectivity index (χ2n) is 7.16. The van der Waals surface area contributed by atoms with Crippen LogP contribution in [0.1, 0.15) is 49.7 Å². The summed E-state index contributed by atoms with van der Waals surface area (Å²) in [5.74, 6) is -0.554. The molecular weight excluding hydrogens is 310 g/mol. The van der Waals surface area contributed by atoms with E-state index in [2.05, 4.69) is 12.2 Å². The average Bonchev–Trinajstić information content (AvgIpc) is 2.87. The third kappa shape index (κ3) is 4.70. The van der Waals surface area contributed by atoms with Crippen molar-refractivity contribution in [3.05, 3.63) is 71.8 Å². The summed E-state index contributed by atoms with van der Waals surface area (Å²) in [6, 6.07) is 19.8. The van der Waals surface area contributed by atoms with Crippen LogP contribution in [0.4, 0.5) is 0 Å². The van der Waals surface area contributed by atoms with Crippen LogP contribution < -0.4 is 5.32 Å². The first-order valence-electron chi connectivity index (χ1n) is 9.19. The summed E-state index contributed by atoms with van der Waals surface area (Å²) in [6.45, 7) is 3.57. The molecule has 25 heavy (non-hydrogen) atoms. The van der Waals surface area contributed by atoms with Crippen LogP contribution in [0.15, 0.2) is 60.7 Å². The van der Waals surface area contributed by atoms with Crippen LogP contribution in [-0.4, -0.2) is 24.7 Å². The number of hydrogen-bond acceptors (Lipinski definition) is 3. The average molecular weight is 337 g/mol. The topological polar surface area (TPSA) is 38.3 Å². The lowest BCUT2D eigenvalue weighted by Gasteiger charge is -2.29. The number of ether oxygens (including phenoxy) is 1. The van der Waals surface area contributed by atoms with Gasteiger partial charge in [-0.15, -0.1) is 0 Å². The van der Waals surface area contributed by atoms with E-state index in [1.54, 1.807) is 0 Å². The number of nitrogens with one attached hydrogen (secondary N) is 1. The predicted molar refractivity (Wildman–Crippen MR) is 101 cm³/mol. The smallest absolute Gasteiger partial charge is 0.317 e. The molecule has 3 heteroatoms. The number of carbonyl (C=O) groups excluding carboxylic acids is 1. The van der Waals surface area contributed by atoms with Gasteiger partial charge in [0.15, 0.2) is 0 Å². The molecule has 0 radical (unpaired) electrons. The van der Waals surface area contributed by atoms with Gasteiger partial charge in [-0.1, -0.05) is 73.5 Å². The van der Waals surface area contributed by atoms with Crippen LogP contribution in [0.2, 0.25) is 0 Å². The summed E-state index contributed by atoms with van der Waals surface area (Å²) in [6.07, 6.45) is 4.66. The van der Waals surface area contributed by atoms with E-state index in [1.807, 2.05) is 60.7 Å². The monoisotopic (exact) mass is 337 g/mol. The molecule has 0 aromatic heterocycles. The van der Waals surface area contributed by atoms with Gasteiger partial charge >= 0.3 is 5.97 Å². The molecule has 2 aromatic rings. The van der Waals surface area contributed by atoms with Gasteiger partial charge < -0.3 is 10.1 Å². The Hall–Kier alpha value is -2.13. The van der Waals surface area contributed by atoms with Gasteiger partial charge in [-0.3, -0.25) is 4.79 Å². The molecule has 1 aliphatic rings. The number of benzene rings is 2. The van der Waals surface area contributed by atoms with Gasteiger partial charge in [0.2, 0.25) is 0 Å². The van der Waals surface area contributed by atoms with Crippen molar-refractivity contribution in [3.63, 3.8) is 0 Å². The van der Waals surface area contributed by atoms with Crippen molar-refractivity contribution < 1.29 is 9.53 Å². The van der Waals surface area contributed by atoms with E-state index in [-0.39, 0.29) is 17.4 Å². The Morgan fingerprint density at radius 2 is 1.60 bits per heavy atom. The molecule has 2 aromatic carbocycles. The summed E-state index contributed by atoms with van der Waals surface area (Å²) >= 11 is 0. The molecule has 1 heterocycles. The molecule has 0 bridgehead atoms. The summed E-state index contributed by atoms with van der Waals surface area (Å²) in [5, 5.41) is 3.55. The Morgan fingerprint density at radius 3 is 2.20 bits per heavy atom. The highest BCUT2D eigenvalue weighted by atomic mass is 16.5. The minimum absolute atomic E-state index is 0.121. The molecule has 1 aliphatic heterocycles. The second kappa shape index (κ2) is 8.30. The SMILES string of the molecule is CC1(COC(=O)C(c2ccccc2)c2ccccc2)CCCCCN1. The fourth-order valence-corrected chi connectivity index (χ4v) is 3.49. The van der Waals surface area contributed by atoms with Crippen LogP contribution in [-0.2, 0) is 9.53 Å². The highest BCUT2D eigenvalue weighted by Crippen LogP contribution is 2.27. The predicted octanol–water partition coefficient (Wildman–Crippen LogP) is 4.28. The minimum atomic E-state index is -0.378. The molecule has 1 unspecified atom stereocenters. The number of hydrogen-bond donors (Lipinski definition) is 1. The zero-order chi connectivity index (χ0) is 17.5. The highest BCUT2D eigenvalue weighted by molar-refractivity contribution is 5.82. The summed E-state index contributed by atoms with van der Waals surface area (Å²) in [7, 11) is 0. The maximum absolute atomic E-state index is 13.0. The molecule has 1 saturated heterocycles. The van der Waals surface area contributed by atoms with Crippen LogP contribution in [0, 0.1) is 0 Å². The highest BCUT2D eigenvalue weighted by Gasteiger charge is 2.30. The quantitative estimate of drug-likeness (QED) is 0.828. The molecule has 0 saturated carbocycles. The molecule has 1 fully saturated rings. The lowest BCUT2D eigenvalue weighted by Crippen LogP contribution is -2.46. The lowest BCUT2D eigenvalue weighted by molar-refractivity contribution is -0.146. The first kappa shape index (κ1) is 17.7. The zero-order valence-electron chi connectivity index (χ0n) is 14.9. The van der Waals surface area contributed by atoms with Gasteiger partial charge in [-0.2, -0.15) is 0 Å². The van der Waals surface area contributed by atoms with Gasteiger partial charge in [0.1, 0.15) is 12.5 Å². The normalized spacial score (nSPS) is 20.9. The van der Waals surface area contributed by atoms with E-state index < -0.39 is 0 Å². The van der Waals surface area contributed by atoms with Crippen molar-refractivity contribution in [2.24, 2.45) is 0 Å². The summed E-state index contributed by atoms with van der Waals surface area (Å²) in [4.78, 5) is 13.0. The third-order valence-corrected chi connectivity index (χ3v) is 4.99. The summed E-state index contributed by atoms with van der Waals surface area (Å²) in [5.41, 5.74) is 1.82. The van der Waals surface area contributed by atoms with E-state index >= 15 is 0 Å². The summed E-state index contributed by atoms with van der Waals surface area (Å²) < 4.78 is 5.81. The molecule has 0 spiro atoms. The third-order valence-electron chi connectivity index (χ3n) is 4.99. The number of rotatable bonds is 5. The molecule has 3 nitrogen and oxygen atoms in total. The number of carbonyl (C=O) groups is 1.